The maximum Gasteiger partial charge on any atom is 0.337 e. The largest absolute Gasteiger partial charge is 0.337 e. The highest BCUT2D eigenvalue weighted by Crippen LogP contribution is 2.12. The number of carbonyl (C=O) groups is 1. The first kappa shape index (κ1) is 16.8. The maximum atomic E-state index is 12.9. The number of nitrogens with one attached hydrogen (secondary N) is 1. The fraction of sp³-hybridized carbons (Fsp3) is 0.214. The Bertz CT molecular complexity index is 817. The summed E-state index contributed by atoms with van der Waals surface area (Å²) in [5.41, 5.74) is 1.29. The van der Waals surface area contributed by atoms with E-state index in [0.717, 1.165) is 29.2 Å². The number of urea groups is 1. The second kappa shape index (κ2) is 6.29. The molecule has 0 fully saturated rings. The highest BCUT2D eigenvalue weighted by atomic mass is 32.2. The third-order valence-corrected chi connectivity index (χ3v) is 4.26. The number of aromatic nitrogens is 2. The van der Waals surface area contributed by atoms with Gasteiger partial charge < -0.3 is 0 Å². The van der Waals surface area contributed by atoms with Gasteiger partial charge >= 0.3 is 6.03 Å². The molecule has 2 aromatic rings. The van der Waals surface area contributed by atoms with Gasteiger partial charge in [0, 0.05) is 18.4 Å². The summed E-state index contributed by atoms with van der Waals surface area (Å²) in [6.45, 7) is 3.47. The predicted octanol–water partition coefficient (Wildman–Crippen LogP) is 1.77. The van der Waals surface area contributed by atoms with Crippen molar-refractivity contribution in [1.82, 2.24) is 14.7 Å². The molecule has 0 saturated carbocycles. The van der Waals surface area contributed by atoms with Gasteiger partial charge in [0.1, 0.15) is 5.82 Å². The Morgan fingerprint density at radius 3 is 2.17 bits per heavy atom. The number of nitrogens with zero attached hydrogens (tertiary/aromatic N) is 3. The highest BCUT2D eigenvalue weighted by Gasteiger charge is 2.22. The molecule has 23 heavy (non-hydrogen) atoms. The first-order valence-corrected chi connectivity index (χ1v) is 8.06. The molecule has 0 spiro atoms. The summed E-state index contributed by atoms with van der Waals surface area (Å²) in [4.78, 5) is 21.0. The maximum absolute atomic E-state index is 12.9. The van der Waals surface area contributed by atoms with E-state index in [1.165, 1.54) is 7.05 Å². The molecule has 0 atom stereocenters. The van der Waals surface area contributed by atoms with Crippen molar-refractivity contribution >= 4 is 22.0 Å². The van der Waals surface area contributed by atoms with Gasteiger partial charge in [0.25, 0.3) is 10.0 Å². The number of hydrogen-bond acceptors (Lipinski definition) is 5. The van der Waals surface area contributed by atoms with Gasteiger partial charge in [-0.25, -0.2) is 32.3 Å². The van der Waals surface area contributed by atoms with Crippen molar-refractivity contribution in [2.24, 2.45) is 0 Å². The van der Waals surface area contributed by atoms with E-state index in [2.05, 4.69) is 9.97 Å². The van der Waals surface area contributed by atoms with Crippen LogP contribution in [-0.2, 0) is 10.0 Å². The number of halogens is 1. The van der Waals surface area contributed by atoms with Crippen LogP contribution in [0.1, 0.15) is 11.4 Å². The Balaban J connectivity index is 2.21. The SMILES string of the molecule is Cc1cc(C)nc(N(C)C(=O)NS(=O)(=O)c2ccc(F)cc2)n1. The fourth-order valence-corrected chi connectivity index (χ4v) is 2.78. The van der Waals surface area contributed by atoms with Crippen LogP contribution >= 0.6 is 0 Å². The summed E-state index contributed by atoms with van der Waals surface area (Å²) in [6, 6.07) is 4.94. The molecule has 1 aromatic heterocycles. The van der Waals surface area contributed by atoms with Crippen molar-refractivity contribution < 1.29 is 17.6 Å². The summed E-state index contributed by atoms with van der Waals surface area (Å²) in [6.07, 6.45) is 0. The molecule has 2 rings (SSSR count). The quantitative estimate of drug-likeness (QED) is 0.921. The van der Waals surface area contributed by atoms with Gasteiger partial charge in [-0.2, -0.15) is 0 Å². The molecule has 0 bridgehead atoms. The Kier molecular flexibility index (Phi) is 4.60. The first-order chi connectivity index (χ1) is 10.7. The standard InChI is InChI=1S/C14H15FN4O3S/c1-9-8-10(2)17-13(16-9)19(3)14(20)18-23(21,22)12-6-4-11(15)5-7-12/h4-8H,1-3H3,(H,18,20). The van der Waals surface area contributed by atoms with Crippen LogP contribution < -0.4 is 9.62 Å². The van der Waals surface area contributed by atoms with Gasteiger partial charge in [0.05, 0.1) is 4.90 Å². The topological polar surface area (TPSA) is 92.3 Å². The lowest BCUT2D eigenvalue weighted by atomic mass is 10.3. The van der Waals surface area contributed by atoms with Gasteiger partial charge in [-0.05, 0) is 44.2 Å². The van der Waals surface area contributed by atoms with Crippen LogP contribution in [0.25, 0.3) is 0 Å². The van der Waals surface area contributed by atoms with E-state index in [4.69, 9.17) is 0 Å². The van der Waals surface area contributed by atoms with Crippen LogP contribution in [0, 0.1) is 19.7 Å². The van der Waals surface area contributed by atoms with Gasteiger partial charge in [-0.1, -0.05) is 0 Å². The van der Waals surface area contributed by atoms with E-state index in [0.29, 0.717) is 11.4 Å². The van der Waals surface area contributed by atoms with E-state index in [1.54, 1.807) is 19.9 Å². The molecule has 0 unspecified atom stereocenters. The monoisotopic (exact) mass is 338 g/mol. The molecule has 7 nitrogen and oxygen atoms in total. The predicted molar refractivity (Wildman–Crippen MR) is 82.0 cm³/mol. The minimum absolute atomic E-state index is 0.0781. The Morgan fingerprint density at radius 2 is 1.65 bits per heavy atom. The third-order valence-electron chi connectivity index (χ3n) is 2.92. The Labute approximate surface area is 133 Å². The molecule has 0 aliphatic carbocycles. The van der Waals surface area contributed by atoms with E-state index in [1.807, 2.05) is 4.72 Å². The molecule has 122 valence electrons. The Morgan fingerprint density at radius 1 is 1.13 bits per heavy atom. The zero-order chi connectivity index (χ0) is 17.2. The van der Waals surface area contributed by atoms with Crippen LogP contribution in [0.3, 0.4) is 0 Å². The fourth-order valence-electron chi connectivity index (χ4n) is 1.80. The lowest BCUT2D eigenvalue weighted by Crippen LogP contribution is -2.41. The number of rotatable bonds is 3. The minimum atomic E-state index is -4.11. The van der Waals surface area contributed by atoms with Crippen LogP contribution in [0.4, 0.5) is 15.1 Å². The molecular weight excluding hydrogens is 323 g/mol. The summed E-state index contributed by atoms with van der Waals surface area (Å²) >= 11 is 0. The van der Waals surface area contributed by atoms with Crippen LogP contribution in [0.5, 0.6) is 0 Å². The van der Waals surface area contributed by atoms with Crippen molar-refractivity contribution in [3.63, 3.8) is 0 Å². The smallest absolute Gasteiger partial charge is 0.265 e. The van der Waals surface area contributed by atoms with Crippen LogP contribution in [-0.4, -0.2) is 31.5 Å². The van der Waals surface area contributed by atoms with Crippen molar-refractivity contribution in [2.75, 3.05) is 11.9 Å². The number of aryl methyl sites for hydroxylation is 2. The molecule has 1 N–H and O–H groups in total. The lowest BCUT2D eigenvalue weighted by Gasteiger charge is -2.17. The number of benzene rings is 1. The number of carbonyl (C=O) groups excluding carboxylic acids is 1. The summed E-state index contributed by atoms with van der Waals surface area (Å²) in [7, 11) is -2.76. The molecule has 0 aliphatic rings. The molecular formula is C14H15FN4O3S. The third kappa shape index (κ3) is 4.01. The molecule has 2 amide bonds. The molecule has 0 radical (unpaired) electrons. The van der Waals surface area contributed by atoms with Crippen molar-refractivity contribution in [1.29, 1.82) is 0 Å². The molecule has 1 aromatic carbocycles. The average Bonchev–Trinajstić information content (AvgIpc) is 2.45. The highest BCUT2D eigenvalue weighted by molar-refractivity contribution is 7.90. The first-order valence-electron chi connectivity index (χ1n) is 6.57. The number of sulfonamides is 1. The van der Waals surface area contributed by atoms with Gasteiger partial charge in [0.2, 0.25) is 5.95 Å². The zero-order valence-corrected chi connectivity index (χ0v) is 13.6. The molecule has 0 aliphatic heterocycles. The molecule has 0 saturated heterocycles. The van der Waals surface area contributed by atoms with E-state index >= 15 is 0 Å². The van der Waals surface area contributed by atoms with Crippen LogP contribution in [0.2, 0.25) is 0 Å². The van der Waals surface area contributed by atoms with E-state index < -0.39 is 21.9 Å². The zero-order valence-electron chi connectivity index (χ0n) is 12.7. The van der Waals surface area contributed by atoms with Gasteiger partial charge in [-0.3, -0.25) is 4.90 Å². The number of anilines is 1. The van der Waals surface area contributed by atoms with Crippen molar-refractivity contribution in [3.05, 3.63) is 47.5 Å². The van der Waals surface area contributed by atoms with Crippen LogP contribution in [0.15, 0.2) is 35.2 Å². The normalized spacial score (nSPS) is 11.1. The number of hydrogen-bond donors (Lipinski definition) is 1. The second-order valence-electron chi connectivity index (χ2n) is 4.87. The lowest BCUT2D eigenvalue weighted by molar-refractivity contribution is 0.252. The summed E-state index contributed by atoms with van der Waals surface area (Å²) in [5.74, 6) is -0.495. The Hall–Kier alpha value is -2.55. The number of amides is 2. The van der Waals surface area contributed by atoms with E-state index in [-0.39, 0.29) is 10.8 Å². The molecule has 9 heteroatoms. The summed E-state index contributed by atoms with van der Waals surface area (Å²) < 4.78 is 38.9. The van der Waals surface area contributed by atoms with Gasteiger partial charge in [-0.15, -0.1) is 0 Å². The van der Waals surface area contributed by atoms with E-state index in [9.17, 15) is 17.6 Å². The minimum Gasteiger partial charge on any atom is -0.265 e. The van der Waals surface area contributed by atoms with Gasteiger partial charge in [0.15, 0.2) is 0 Å². The van der Waals surface area contributed by atoms with Crippen molar-refractivity contribution in [2.45, 2.75) is 18.7 Å². The summed E-state index contributed by atoms with van der Waals surface area (Å²) in [5, 5.41) is 0. The second-order valence-corrected chi connectivity index (χ2v) is 6.56. The molecule has 1 heterocycles. The average molecular weight is 338 g/mol. The van der Waals surface area contributed by atoms with Crippen molar-refractivity contribution in [3.8, 4) is 0 Å².